The molecule has 6 aromatic rings. The molecule has 4 aliphatic rings. The molecule has 2 nitrogen and oxygen atoms in total. The summed E-state index contributed by atoms with van der Waals surface area (Å²) in [7, 11) is 0. The number of nitrogens with zero attached hydrogens (tertiary/aromatic N) is 2. The Balaban J connectivity index is 1.36. The maximum atomic E-state index is 2.86. The Morgan fingerprint density at radius 2 is 0.661 bits per heavy atom. The second kappa shape index (κ2) is 13.4. The highest BCUT2D eigenvalue weighted by molar-refractivity contribution is 7.15. The monoisotopic (exact) mass is 809 g/mol. The van der Waals surface area contributed by atoms with Gasteiger partial charge >= 0.3 is 13.7 Å². The van der Waals surface area contributed by atoms with Gasteiger partial charge < -0.3 is 0 Å². The average Bonchev–Trinajstić information content (AvgIpc) is 3.69. The van der Waals surface area contributed by atoms with Gasteiger partial charge in [0.2, 0.25) is 13.4 Å². The molecule has 10 rings (SSSR count). The third kappa shape index (κ3) is 5.98. The second-order valence-electron chi connectivity index (χ2n) is 23.7. The molecule has 0 spiro atoms. The number of anilines is 2. The van der Waals surface area contributed by atoms with Crippen LogP contribution in [0.2, 0.25) is 0 Å². The summed E-state index contributed by atoms with van der Waals surface area (Å²) >= 11 is 0. The predicted octanol–water partition coefficient (Wildman–Crippen LogP) is 6.36. The molecule has 4 aliphatic heterocycles. The molecule has 4 heterocycles. The summed E-state index contributed by atoms with van der Waals surface area (Å²) in [4.78, 5) is 2.86. The van der Waals surface area contributed by atoms with E-state index in [1.807, 2.05) is 0 Å². The van der Waals surface area contributed by atoms with Crippen molar-refractivity contribution in [2.24, 2.45) is 0 Å². The van der Waals surface area contributed by atoms with Crippen LogP contribution < -0.4 is 59.6 Å². The molecule has 6 heteroatoms. The zero-order valence-corrected chi connectivity index (χ0v) is 40.4. The van der Waals surface area contributed by atoms with Crippen molar-refractivity contribution in [1.82, 2.24) is 4.83 Å². The van der Waals surface area contributed by atoms with E-state index >= 15 is 0 Å². The predicted molar refractivity (Wildman–Crippen MR) is 276 cm³/mol. The van der Waals surface area contributed by atoms with Gasteiger partial charge in [0.1, 0.15) is 0 Å². The molecule has 0 saturated heterocycles. The third-order valence-corrected chi connectivity index (χ3v) is 15.3. The molecule has 0 N–H and O–H groups in total. The van der Waals surface area contributed by atoms with Crippen LogP contribution in [0.4, 0.5) is 11.4 Å². The van der Waals surface area contributed by atoms with Crippen molar-refractivity contribution in [3.05, 3.63) is 142 Å². The smallest absolute Gasteiger partial charge is 0.295 e. The molecule has 0 fully saturated rings. The molecular weight excluding hydrogens is 744 g/mol. The molecule has 0 bridgehead atoms. The molecule has 0 atom stereocenters. The fourth-order valence-corrected chi connectivity index (χ4v) is 11.8. The molecule has 0 unspecified atom stereocenters. The van der Waals surface area contributed by atoms with Gasteiger partial charge in [0.25, 0.3) is 0 Å². The minimum atomic E-state index is -0.0505. The van der Waals surface area contributed by atoms with Crippen LogP contribution in [0.5, 0.6) is 0 Å². The van der Waals surface area contributed by atoms with Crippen LogP contribution in [0.3, 0.4) is 0 Å². The summed E-state index contributed by atoms with van der Waals surface area (Å²) in [6, 6.07) is 39.4. The lowest BCUT2D eigenvalue weighted by molar-refractivity contribution is 0.589. The van der Waals surface area contributed by atoms with Crippen molar-refractivity contribution in [2.75, 3.05) is 5.01 Å². The maximum absolute atomic E-state index is 2.86. The standard InChI is InChI=1S/C56H64B4N2/c1-33-19-17-20-34(2)49(33)57-43-27-37(53(5,6)7)23-25-41(43)59-51-45(57)29-39(55(11,12)13)31-47(51)61-48-32-40(56(14,15)16)30-46-52(48)60(62(59)61)42-26-24-38(54(8,9)10)28-44(42)58(46)50-35(3)21-18-22-36(50)4/h17-32H,1-16H3. The largest absolute Gasteiger partial charge is 0.301 e. The first-order valence-corrected chi connectivity index (χ1v) is 23.3. The van der Waals surface area contributed by atoms with Gasteiger partial charge in [-0.25, -0.2) is 0 Å². The zero-order valence-electron chi connectivity index (χ0n) is 40.4. The van der Waals surface area contributed by atoms with E-state index in [4.69, 9.17) is 0 Å². The summed E-state index contributed by atoms with van der Waals surface area (Å²) in [6.45, 7) is 38.3. The zero-order chi connectivity index (χ0) is 44.3. The molecule has 0 saturated carbocycles. The van der Waals surface area contributed by atoms with E-state index in [1.54, 1.807) is 0 Å². The van der Waals surface area contributed by atoms with Crippen molar-refractivity contribution in [3.63, 3.8) is 0 Å². The van der Waals surface area contributed by atoms with Crippen LogP contribution in [-0.4, -0.2) is 32.0 Å². The number of hydrazine groups is 1. The summed E-state index contributed by atoms with van der Waals surface area (Å²) < 4.78 is 0. The number of hydrogen-bond acceptors (Lipinski definition) is 2. The van der Waals surface area contributed by atoms with E-state index in [2.05, 4.69) is 218 Å². The minimum absolute atomic E-state index is 0.0126. The lowest BCUT2D eigenvalue weighted by Gasteiger charge is -2.39. The van der Waals surface area contributed by atoms with Gasteiger partial charge in [-0.05, 0) is 94.7 Å². The van der Waals surface area contributed by atoms with Crippen LogP contribution in [0, 0.1) is 27.7 Å². The van der Waals surface area contributed by atoms with Gasteiger partial charge in [-0.15, -0.1) is 0 Å². The average molecular weight is 808 g/mol. The Labute approximate surface area is 375 Å². The summed E-state index contributed by atoms with van der Waals surface area (Å²) in [5.74, 6) is 0. The Morgan fingerprint density at radius 3 is 0.984 bits per heavy atom. The van der Waals surface area contributed by atoms with Crippen molar-refractivity contribution >= 4 is 93.1 Å². The second-order valence-corrected chi connectivity index (χ2v) is 23.7. The molecular formula is C56H64B4N2. The van der Waals surface area contributed by atoms with E-state index < -0.39 is 0 Å². The Kier molecular flexibility index (Phi) is 8.96. The van der Waals surface area contributed by atoms with Gasteiger partial charge in [0, 0.05) is 0 Å². The Hall–Kier alpha value is -4.66. The maximum Gasteiger partial charge on any atom is 0.301 e. The lowest BCUT2D eigenvalue weighted by Crippen LogP contribution is -2.80. The number of benzene rings is 6. The van der Waals surface area contributed by atoms with Crippen LogP contribution in [0.15, 0.2) is 97.1 Å². The molecule has 6 aromatic carbocycles. The highest BCUT2D eigenvalue weighted by Crippen LogP contribution is 2.42. The first-order chi connectivity index (χ1) is 29.0. The lowest BCUT2D eigenvalue weighted by atomic mass is 9.21. The number of hydrogen-bond donors (Lipinski definition) is 0. The summed E-state index contributed by atoms with van der Waals surface area (Å²) in [6.07, 6.45) is 0. The van der Waals surface area contributed by atoms with Crippen LogP contribution in [0.1, 0.15) is 128 Å². The molecule has 0 aromatic heterocycles. The fraction of sp³-hybridized carbons (Fsp3) is 0.357. The van der Waals surface area contributed by atoms with Crippen LogP contribution in [-0.2, 0) is 21.7 Å². The Bertz CT molecular complexity index is 2640. The van der Waals surface area contributed by atoms with Crippen molar-refractivity contribution in [1.29, 1.82) is 0 Å². The van der Waals surface area contributed by atoms with Gasteiger partial charge in [-0.3, -0.25) is 9.84 Å². The molecule has 0 aliphatic carbocycles. The van der Waals surface area contributed by atoms with Crippen LogP contribution >= 0.6 is 0 Å². The van der Waals surface area contributed by atoms with E-state index in [-0.39, 0.29) is 48.8 Å². The van der Waals surface area contributed by atoms with Gasteiger partial charge in [0.05, 0.1) is 11.4 Å². The van der Waals surface area contributed by atoms with E-state index in [1.165, 1.54) is 111 Å². The topological polar surface area (TPSA) is 6.48 Å². The highest BCUT2D eigenvalue weighted by Gasteiger charge is 2.60. The fourth-order valence-electron chi connectivity index (χ4n) is 11.8. The summed E-state index contributed by atoms with van der Waals surface area (Å²) in [5, 5.41) is 2.74. The van der Waals surface area contributed by atoms with Crippen LogP contribution in [0.25, 0.3) is 0 Å². The SMILES string of the molecule is Cc1cccc(C)c1B1c2cc(C(C)(C)C)ccc2B2c3c1cc(C(C)(C)C)cc3N1c3cc(C(C)(C)C)cc4c3B(c3ccc(C(C)(C)C)cc3B4c3c(C)cccc3C)N21. The summed E-state index contributed by atoms with van der Waals surface area (Å²) in [5.41, 5.74) is 28.4. The van der Waals surface area contributed by atoms with Crippen molar-refractivity contribution in [2.45, 2.75) is 132 Å². The van der Waals surface area contributed by atoms with Gasteiger partial charge in [0.15, 0.2) is 0 Å². The number of rotatable bonds is 2. The first-order valence-electron chi connectivity index (χ1n) is 23.3. The van der Waals surface area contributed by atoms with E-state index in [0.717, 1.165) is 0 Å². The normalized spacial score (nSPS) is 15.5. The van der Waals surface area contributed by atoms with Gasteiger partial charge in [-0.2, -0.15) is 0 Å². The number of aryl methyl sites for hydroxylation is 4. The van der Waals surface area contributed by atoms with E-state index in [0.29, 0.717) is 0 Å². The molecule has 62 heavy (non-hydrogen) atoms. The molecule has 310 valence electrons. The van der Waals surface area contributed by atoms with E-state index in [9.17, 15) is 0 Å². The Morgan fingerprint density at radius 1 is 0.339 bits per heavy atom. The third-order valence-electron chi connectivity index (χ3n) is 15.3. The van der Waals surface area contributed by atoms with Crippen molar-refractivity contribution in [3.8, 4) is 0 Å². The highest BCUT2D eigenvalue weighted by atomic mass is 15.6. The first kappa shape index (κ1) is 41.4. The number of fused-ring (bicyclic) bond motifs is 9. The van der Waals surface area contributed by atoms with Gasteiger partial charge in [-0.1, -0.05) is 234 Å². The van der Waals surface area contributed by atoms with Crippen molar-refractivity contribution < 1.29 is 0 Å². The minimum Gasteiger partial charge on any atom is -0.295 e. The molecule has 0 radical (unpaired) electrons. The quantitative estimate of drug-likeness (QED) is 0.188. The molecule has 0 amide bonds.